The second-order valence-electron chi connectivity index (χ2n) is 5.19. The number of aryl methyl sites for hydroxylation is 2. The third kappa shape index (κ3) is 2.64. The van der Waals surface area contributed by atoms with Gasteiger partial charge in [0.05, 0.1) is 10.7 Å². The maximum absolute atomic E-state index is 4.78. The minimum absolute atomic E-state index is 0.457. The summed E-state index contributed by atoms with van der Waals surface area (Å²) in [6.07, 6.45) is 2.86. The molecule has 0 aliphatic rings. The van der Waals surface area contributed by atoms with E-state index in [4.69, 9.17) is 4.98 Å². The largest absolute Gasteiger partial charge is 0.272 e. The summed E-state index contributed by atoms with van der Waals surface area (Å²) >= 11 is 1.83. The zero-order chi connectivity index (χ0) is 13.3. The Hall–Kier alpha value is -1.16. The fourth-order valence-electron chi connectivity index (χ4n) is 2.15. The molecule has 1 unspecified atom stereocenters. The molecular weight excluding hydrogens is 242 g/mol. The van der Waals surface area contributed by atoms with Gasteiger partial charge >= 0.3 is 0 Å². The van der Waals surface area contributed by atoms with Gasteiger partial charge in [0.25, 0.3) is 0 Å². The molecule has 0 aromatic carbocycles. The molecule has 0 bridgehead atoms. The summed E-state index contributed by atoms with van der Waals surface area (Å²) in [5, 5.41) is 5.48. The van der Waals surface area contributed by atoms with Gasteiger partial charge in [-0.25, -0.2) is 4.98 Å². The summed E-state index contributed by atoms with van der Waals surface area (Å²) < 4.78 is 1.95. The van der Waals surface area contributed by atoms with E-state index < -0.39 is 0 Å². The molecule has 0 amide bonds. The van der Waals surface area contributed by atoms with Crippen LogP contribution in [0.4, 0.5) is 0 Å². The van der Waals surface area contributed by atoms with Crippen LogP contribution < -0.4 is 0 Å². The van der Waals surface area contributed by atoms with Crippen molar-refractivity contribution in [1.29, 1.82) is 0 Å². The van der Waals surface area contributed by atoms with Gasteiger partial charge in [-0.05, 0) is 19.4 Å². The molecule has 2 heterocycles. The molecule has 0 saturated heterocycles. The van der Waals surface area contributed by atoms with Crippen molar-refractivity contribution in [1.82, 2.24) is 14.8 Å². The molecule has 0 N–H and O–H groups in total. The van der Waals surface area contributed by atoms with Crippen molar-refractivity contribution in [3.05, 3.63) is 33.5 Å². The molecule has 3 nitrogen and oxygen atoms in total. The van der Waals surface area contributed by atoms with Gasteiger partial charge < -0.3 is 0 Å². The van der Waals surface area contributed by atoms with Gasteiger partial charge in [0.1, 0.15) is 0 Å². The van der Waals surface area contributed by atoms with Crippen molar-refractivity contribution >= 4 is 11.3 Å². The Morgan fingerprint density at radius 2 is 2.06 bits per heavy atom. The van der Waals surface area contributed by atoms with E-state index in [0.717, 1.165) is 6.42 Å². The number of thiazole rings is 1. The number of hydrogen-bond acceptors (Lipinski definition) is 3. The molecule has 18 heavy (non-hydrogen) atoms. The first-order valence-corrected chi connectivity index (χ1v) is 7.24. The Balaban J connectivity index is 2.17. The molecule has 98 valence electrons. The predicted molar refractivity (Wildman–Crippen MR) is 76.3 cm³/mol. The first kappa shape index (κ1) is 13.3. The van der Waals surface area contributed by atoms with Crippen LogP contribution in [0.25, 0.3) is 0 Å². The quantitative estimate of drug-likeness (QED) is 0.843. The van der Waals surface area contributed by atoms with Crippen LogP contribution in [0.15, 0.2) is 12.3 Å². The zero-order valence-corrected chi connectivity index (χ0v) is 12.6. The molecule has 2 aromatic rings. The maximum Gasteiger partial charge on any atom is 0.0956 e. The molecule has 1 atom stereocenters. The molecular formula is C14H21N3S. The van der Waals surface area contributed by atoms with E-state index in [0.29, 0.717) is 11.8 Å². The minimum atomic E-state index is 0.457. The highest BCUT2D eigenvalue weighted by atomic mass is 32.1. The van der Waals surface area contributed by atoms with E-state index in [-0.39, 0.29) is 0 Å². The lowest BCUT2D eigenvalue weighted by atomic mass is 10.0. The smallest absolute Gasteiger partial charge is 0.0956 e. The lowest BCUT2D eigenvalue weighted by Gasteiger charge is -2.10. The topological polar surface area (TPSA) is 30.7 Å². The van der Waals surface area contributed by atoms with Crippen LogP contribution in [0.5, 0.6) is 0 Å². The van der Waals surface area contributed by atoms with Crippen molar-refractivity contribution < 1.29 is 0 Å². The van der Waals surface area contributed by atoms with Crippen LogP contribution in [-0.4, -0.2) is 14.8 Å². The number of rotatable bonds is 4. The Labute approximate surface area is 113 Å². The van der Waals surface area contributed by atoms with E-state index in [2.05, 4.69) is 38.9 Å². The van der Waals surface area contributed by atoms with E-state index in [1.54, 1.807) is 0 Å². The van der Waals surface area contributed by atoms with Gasteiger partial charge in [-0.3, -0.25) is 4.68 Å². The SMILES string of the molecule is Cc1sc(C(C)C)nc1CC(C)c1ccnn1C. The molecule has 0 radical (unpaired) electrons. The number of aromatic nitrogens is 3. The molecule has 0 saturated carbocycles. The van der Waals surface area contributed by atoms with Gasteiger partial charge in [0, 0.05) is 35.7 Å². The molecule has 0 fully saturated rings. The Bertz CT molecular complexity index is 525. The zero-order valence-electron chi connectivity index (χ0n) is 11.8. The fraction of sp³-hybridized carbons (Fsp3) is 0.571. The summed E-state index contributed by atoms with van der Waals surface area (Å²) in [5.41, 5.74) is 2.52. The van der Waals surface area contributed by atoms with Crippen LogP contribution in [0.2, 0.25) is 0 Å². The fourth-order valence-corrected chi connectivity index (χ4v) is 3.10. The van der Waals surface area contributed by atoms with Gasteiger partial charge in [0.15, 0.2) is 0 Å². The van der Waals surface area contributed by atoms with Crippen LogP contribution in [0.3, 0.4) is 0 Å². The lowest BCUT2D eigenvalue weighted by molar-refractivity contribution is 0.628. The van der Waals surface area contributed by atoms with Crippen molar-refractivity contribution in [2.75, 3.05) is 0 Å². The van der Waals surface area contributed by atoms with E-state index in [9.17, 15) is 0 Å². The Kier molecular flexibility index (Phi) is 3.85. The summed E-state index contributed by atoms with van der Waals surface area (Å²) in [7, 11) is 2.00. The minimum Gasteiger partial charge on any atom is -0.272 e. The molecule has 0 spiro atoms. The Morgan fingerprint density at radius 3 is 2.56 bits per heavy atom. The highest BCUT2D eigenvalue weighted by Crippen LogP contribution is 2.28. The average Bonchev–Trinajstić information content (AvgIpc) is 2.86. The third-order valence-corrected chi connectivity index (χ3v) is 4.58. The monoisotopic (exact) mass is 263 g/mol. The lowest BCUT2D eigenvalue weighted by Crippen LogP contribution is -2.06. The predicted octanol–water partition coefficient (Wildman–Crippen LogP) is 3.65. The van der Waals surface area contributed by atoms with Crippen LogP contribution >= 0.6 is 11.3 Å². The van der Waals surface area contributed by atoms with Crippen LogP contribution in [-0.2, 0) is 13.5 Å². The summed E-state index contributed by atoms with van der Waals surface area (Å²) in [6, 6.07) is 2.09. The molecule has 2 rings (SSSR count). The van der Waals surface area contributed by atoms with E-state index >= 15 is 0 Å². The van der Waals surface area contributed by atoms with E-state index in [1.165, 1.54) is 21.3 Å². The third-order valence-electron chi connectivity index (χ3n) is 3.27. The first-order valence-electron chi connectivity index (χ1n) is 6.43. The summed E-state index contributed by atoms with van der Waals surface area (Å²) in [4.78, 5) is 6.13. The Morgan fingerprint density at radius 1 is 1.33 bits per heavy atom. The highest BCUT2D eigenvalue weighted by Gasteiger charge is 2.16. The molecule has 2 aromatic heterocycles. The van der Waals surface area contributed by atoms with Crippen molar-refractivity contribution in [2.45, 2.75) is 46.0 Å². The number of nitrogens with zero attached hydrogens (tertiary/aromatic N) is 3. The van der Waals surface area contributed by atoms with Crippen LogP contribution in [0, 0.1) is 6.92 Å². The van der Waals surface area contributed by atoms with Crippen molar-refractivity contribution in [2.24, 2.45) is 7.05 Å². The highest BCUT2D eigenvalue weighted by molar-refractivity contribution is 7.11. The van der Waals surface area contributed by atoms with Gasteiger partial charge in [-0.15, -0.1) is 11.3 Å². The number of hydrogen-bond donors (Lipinski definition) is 0. The van der Waals surface area contributed by atoms with Crippen LogP contribution in [0.1, 0.15) is 53.9 Å². The van der Waals surface area contributed by atoms with Gasteiger partial charge in [0.2, 0.25) is 0 Å². The maximum atomic E-state index is 4.78. The van der Waals surface area contributed by atoms with E-state index in [1.807, 2.05) is 29.3 Å². The second-order valence-corrected chi connectivity index (χ2v) is 6.43. The average molecular weight is 263 g/mol. The van der Waals surface area contributed by atoms with Crippen molar-refractivity contribution in [3.63, 3.8) is 0 Å². The second kappa shape index (κ2) is 5.22. The summed E-state index contributed by atoms with van der Waals surface area (Å²) in [6.45, 7) is 8.82. The van der Waals surface area contributed by atoms with Crippen molar-refractivity contribution in [3.8, 4) is 0 Å². The first-order chi connectivity index (χ1) is 8.49. The molecule has 4 heteroatoms. The normalized spacial score (nSPS) is 13.2. The van der Waals surface area contributed by atoms with Gasteiger partial charge in [-0.2, -0.15) is 5.10 Å². The summed E-state index contributed by atoms with van der Waals surface area (Å²) in [5.74, 6) is 0.979. The standard InChI is InChI=1S/C14H21N3S/c1-9(2)14-16-12(11(4)18-14)8-10(3)13-6-7-15-17(13)5/h6-7,9-10H,8H2,1-5H3. The van der Waals surface area contributed by atoms with Gasteiger partial charge in [-0.1, -0.05) is 20.8 Å². The molecule has 0 aliphatic carbocycles. The molecule has 0 aliphatic heterocycles.